The average Bonchev–Trinajstić information content (AvgIpc) is 2.57. The van der Waals surface area contributed by atoms with Crippen molar-refractivity contribution >= 4 is 29.0 Å². The molecule has 26 heavy (non-hydrogen) atoms. The van der Waals surface area contributed by atoms with Crippen molar-refractivity contribution in [1.29, 1.82) is 0 Å². The normalized spacial score (nSPS) is 10.3. The van der Waals surface area contributed by atoms with Gasteiger partial charge in [0, 0.05) is 31.0 Å². The van der Waals surface area contributed by atoms with Crippen molar-refractivity contribution in [3.05, 3.63) is 58.9 Å². The molecule has 0 heterocycles. The van der Waals surface area contributed by atoms with E-state index < -0.39 is 11.7 Å². The maximum Gasteiger partial charge on any atom is 0.224 e. The highest BCUT2D eigenvalue weighted by molar-refractivity contribution is 6.01. The van der Waals surface area contributed by atoms with Gasteiger partial charge in [-0.3, -0.25) is 14.4 Å². The van der Waals surface area contributed by atoms with E-state index in [1.807, 2.05) is 32.0 Å². The fourth-order valence-electron chi connectivity index (χ4n) is 2.51. The highest BCUT2D eigenvalue weighted by Gasteiger charge is 2.13. The van der Waals surface area contributed by atoms with Crippen molar-refractivity contribution < 1.29 is 18.8 Å². The number of Topliss-reactive ketones (excluding diaryl/α,β-unsaturated/α-hetero) is 1. The molecule has 0 aliphatic heterocycles. The predicted octanol–water partition coefficient (Wildman–Crippen LogP) is 4.00. The predicted molar refractivity (Wildman–Crippen MR) is 98.8 cm³/mol. The second kappa shape index (κ2) is 8.38. The second-order valence-corrected chi connectivity index (χ2v) is 6.17. The summed E-state index contributed by atoms with van der Waals surface area (Å²) >= 11 is 0. The van der Waals surface area contributed by atoms with Crippen LogP contribution >= 0.6 is 0 Å². The Kier molecular flexibility index (Phi) is 6.22. The minimum Gasteiger partial charge on any atom is -0.326 e. The number of hydrogen-bond acceptors (Lipinski definition) is 3. The molecule has 6 heteroatoms. The minimum absolute atomic E-state index is 0.0123. The Hall–Kier alpha value is -3.02. The van der Waals surface area contributed by atoms with E-state index in [9.17, 15) is 18.8 Å². The highest BCUT2D eigenvalue weighted by atomic mass is 19.1. The fourth-order valence-corrected chi connectivity index (χ4v) is 2.51. The smallest absolute Gasteiger partial charge is 0.224 e. The van der Waals surface area contributed by atoms with Gasteiger partial charge in [0.1, 0.15) is 5.82 Å². The van der Waals surface area contributed by atoms with Crippen molar-refractivity contribution in [3.8, 4) is 0 Å². The first-order valence-electron chi connectivity index (χ1n) is 8.23. The number of carbonyl (C=O) groups excluding carboxylic acids is 3. The number of aryl methyl sites for hydroxylation is 2. The number of carbonyl (C=O) groups is 3. The largest absolute Gasteiger partial charge is 0.326 e. The molecule has 0 fully saturated rings. The van der Waals surface area contributed by atoms with Gasteiger partial charge >= 0.3 is 0 Å². The zero-order valence-corrected chi connectivity index (χ0v) is 15.0. The van der Waals surface area contributed by atoms with Crippen molar-refractivity contribution in [2.45, 2.75) is 33.6 Å². The molecule has 0 saturated heterocycles. The van der Waals surface area contributed by atoms with Crippen LogP contribution in [-0.2, 0) is 9.59 Å². The summed E-state index contributed by atoms with van der Waals surface area (Å²) in [5.41, 5.74) is 2.81. The van der Waals surface area contributed by atoms with Gasteiger partial charge in [-0.25, -0.2) is 4.39 Å². The Morgan fingerprint density at radius 2 is 1.69 bits per heavy atom. The zero-order chi connectivity index (χ0) is 19.3. The SMILES string of the molecule is CC(=O)Nc1cc(NC(=O)CCC(=O)c2cc(C)ccc2C)ccc1F. The second-order valence-electron chi connectivity index (χ2n) is 6.17. The van der Waals surface area contributed by atoms with Gasteiger partial charge in [-0.15, -0.1) is 0 Å². The zero-order valence-electron chi connectivity index (χ0n) is 15.0. The van der Waals surface area contributed by atoms with Gasteiger partial charge in [0.15, 0.2) is 5.78 Å². The topological polar surface area (TPSA) is 75.3 Å². The summed E-state index contributed by atoms with van der Waals surface area (Å²) < 4.78 is 13.6. The number of ketones is 1. The van der Waals surface area contributed by atoms with Crippen LogP contribution in [0.4, 0.5) is 15.8 Å². The van der Waals surface area contributed by atoms with E-state index in [0.717, 1.165) is 17.2 Å². The summed E-state index contributed by atoms with van der Waals surface area (Å²) in [4.78, 5) is 35.5. The van der Waals surface area contributed by atoms with Crippen LogP contribution < -0.4 is 10.6 Å². The molecular weight excluding hydrogens is 335 g/mol. The molecule has 0 spiro atoms. The Bertz CT molecular complexity index is 862. The Balaban J connectivity index is 1.97. The molecule has 0 unspecified atom stereocenters. The maximum atomic E-state index is 13.6. The van der Waals surface area contributed by atoms with E-state index in [-0.39, 0.29) is 30.2 Å². The van der Waals surface area contributed by atoms with E-state index in [1.165, 1.54) is 19.1 Å². The molecule has 2 aromatic carbocycles. The fraction of sp³-hybridized carbons (Fsp3) is 0.250. The van der Waals surface area contributed by atoms with Gasteiger partial charge in [-0.05, 0) is 43.7 Å². The summed E-state index contributed by atoms with van der Waals surface area (Å²) in [5.74, 6) is -1.46. The number of halogens is 1. The molecule has 2 rings (SSSR count). The van der Waals surface area contributed by atoms with Crippen LogP contribution in [0.1, 0.15) is 41.3 Å². The first kappa shape index (κ1) is 19.3. The van der Waals surface area contributed by atoms with Crippen LogP contribution in [0.2, 0.25) is 0 Å². The third-order valence-electron chi connectivity index (χ3n) is 3.83. The van der Waals surface area contributed by atoms with E-state index in [1.54, 1.807) is 0 Å². The molecule has 136 valence electrons. The quantitative estimate of drug-likeness (QED) is 0.768. The van der Waals surface area contributed by atoms with Crippen molar-refractivity contribution in [2.24, 2.45) is 0 Å². The van der Waals surface area contributed by atoms with E-state index in [0.29, 0.717) is 11.3 Å². The molecular formula is C20H21FN2O3. The third kappa shape index (κ3) is 5.24. The molecule has 0 atom stereocenters. The van der Waals surface area contributed by atoms with Crippen LogP contribution in [0.5, 0.6) is 0 Å². The van der Waals surface area contributed by atoms with Gasteiger partial charge < -0.3 is 10.6 Å². The summed E-state index contributed by atoms with van der Waals surface area (Å²) in [6, 6.07) is 9.51. The van der Waals surface area contributed by atoms with Crippen LogP contribution in [-0.4, -0.2) is 17.6 Å². The first-order valence-corrected chi connectivity index (χ1v) is 8.23. The molecule has 2 N–H and O–H groups in total. The minimum atomic E-state index is -0.594. The molecule has 0 aromatic heterocycles. The van der Waals surface area contributed by atoms with Crippen molar-refractivity contribution in [1.82, 2.24) is 0 Å². The number of anilines is 2. The highest BCUT2D eigenvalue weighted by Crippen LogP contribution is 2.20. The third-order valence-corrected chi connectivity index (χ3v) is 3.83. The van der Waals surface area contributed by atoms with Crippen LogP contribution in [0.15, 0.2) is 36.4 Å². The molecule has 2 aromatic rings. The monoisotopic (exact) mass is 356 g/mol. The molecule has 0 radical (unpaired) electrons. The lowest BCUT2D eigenvalue weighted by Crippen LogP contribution is -2.15. The summed E-state index contributed by atoms with van der Waals surface area (Å²) in [6.45, 7) is 5.03. The van der Waals surface area contributed by atoms with Gasteiger partial charge in [0.2, 0.25) is 11.8 Å². The van der Waals surface area contributed by atoms with Gasteiger partial charge in [-0.1, -0.05) is 17.7 Å². The van der Waals surface area contributed by atoms with Gasteiger partial charge in [-0.2, -0.15) is 0 Å². The molecule has 0 aliphatic rings. The lowest BCUT2D eigenvalue weighted by Gasteiger charge is -2.09. The van der Waals surface area contributed by atoms with Crippen molar-refractivity contribution in [3.63, 3.8) is 0 Å². The summed E-state index contributed by atoms with van der Waals surface area (Å²) in [5, 5.41) is 4.96. The number of amides is 2. The summed E-state index contributed by atoms with van der Waals surface area (Å²) in [6.07, 6.45) is 0.0922. The van der Waals surface area contributed by atoms with E-state index in [4.69, 9.17) is 0 Å². The lowest BCUT2D eigenvalue weighted by atomic mass is 9.99. The Labute approximate surface area is 151 Å². The van der Waals surface area contributed by atoms with Gasteiger partial charge in [0.05, 0.1) is 5.69 Å². The Morgan fingerprint density at radius 3 is 2.38 bits per heavy atom. The van der Waals surface area contributed by atoms with Crippen LogP contribution in [0, 0.1) is 19.7 Å². The Morgan fingerprint density at radius 1 is 0.962 bits per heavy atom. The van der Waals surface area contributed by atoms with E-state index >= 15 is 0 Å². The van der Waals surface area contributed by atoms with E-state index in [2.05, 4.69) is 10.6 Å². The lowest BCUT2D eigenvalue weighted by molar-refractivity contribution is -0.116. The molecule has 0 bridgehead atoms. The number of benzene rings is 2. The number of nitrogens with one attached hydrogen (secondary N) is 2. The van der Waals surface area contributed by atoms with Crippen LogP contribution in [0.3, 0.4) is 0 Å². The summed E-state index contributed by atoms with van der Waals surface area (Å²) in [7, 11) is 0. The number of rotatable bonds is 6. The van der Waals surface area contributed by atoms with Gasteiger partial charge in [0.25, 0.3) is 0 Å². The molecule has 0 saturated carbocycles. The molecule has 0 aliphatic carbocycles. The average molecular weight is 356 g/mol. The molecule has 5 nitrogen and oxygen atoms in total. The number of hydrogen-bond donors (Lipinski definition) is 2. The molecule has 2 amide bonds. The van der Waals surface area contributed by atoms with Crippen LogP contribution in [0.25, 0.3) is 0 Å². The standard InChI is InChI=1S/C20H21FN2O3/c1-12-4-5-13(2)16(10-12)19(25)8-9-20(26)23-15-6-7-17(21)18(11-15)22-14(3)24/h4-7,10-11H,8-9H2,1-3H3,(H,22,24)(H,23,26). The first-order chi connectivity index (χ1) is 12.3. The van der Waals surface area contributed by atoms with Crippen molar-refractivity contribution in [2.75, 3.05) is 10.6 Å². The maximum absolute atomic E-state index is 13.6.